The van der Waals surface area contributed by atoms with Gasteiger partial charge in [0.05, 0.1) is 29.5 Å². The molecule has 2 heterocycles. The monoisotopic (exact) mass is 424 g/mol. The molecule has 1 aromatic carbocycles. The van der Waals surface area contributed by atoms with E-state index in [2.05, 4.69) is 10.3 Å². The topological polar surface area (TPSA) is 76.5 Å². The Kier molecular flexibility index (Phi) is 5.59. The quantitative estimate of drug-likeness (QED) is 0.764. The second kappa shape index (κ2) is 7.64. The van der Waals surface area contributed by atoms with Gasteiger partial charge >= 0.3 is 6.09 Å². The number of amides is 2. The van der Waals surface area contributed by atoms with Crippen LogP contribution in [0.1, 0.15) is 44.0 Å². The Bertz CT molecular complexity index is 920. The van der Waals surface area contributed by atoms with Crippen molar-refractivity contribution in [3.63, 3.8) is 0 Å². The lowest BCUT2D eigenvalue weighted by Crippen LogP contribution is -2.47. The first kappa shape index (κ1) is 20.5. The Hall–Kier alpha value is -2.25. The fourth-order valence-electron chi connectivity index (χ4n) is 2.94. The first-order valence-corrected chi connectivity index (χ1v) is 9.61. The summed E-state index contributed by atoms with van der Waals surface area (Å²) in [6, 6.07) is 4.69. The van der Waals surface area contributed by atoms with Crippen LogP contribution in [-0.4, -0.2) is 38.1 Å². The summed E-state index contributed by atoms with van der Waals surface area (Å²) in [4.78, 5) is 31.1. The van der Waals surface area contributed by atoms with Gasteiger partial charge in [-0.25, -0.2) is 9.78 Å². The third-order valence-electron chi connectivity index (χ3n) is 4.27. The average Bonchev–Trinajstić information content (AvgIpc) is 2.98. The van der Waals surface area contributed by atoms with E-state index in [9.17, 15) is 9.59 Å². The second-order valence-corrected chi connectivity index (χ2v) is 8.55. The smallest absolute Gasteiger partial charge is 0.411 e. The van der Waals surface area contributed by atoms with Crippen LogP contribution in [0.25, 0.3) is 0 Å². The molecule has 1 N–H and O–H groups in total. The first-order valence-electron chi connectivity index (χ1n) is 8.85. The van der Waals surface area contributed by atoms with Crippen LogP contribution in [0.2, 0.25) is 10.0 Å². The zero-order chi connectivity index (χ0) is 20.6. The molecule has 2 amide bonds. The molecule has 2 aromatic rings. The van der Waals surface area contributed by atoms with Crippen molar-refractivity contribution < 1.29 is 14.3 Å². The number of imidazole rings is 1. The molecular formula is C19H22Cl2N4O3. The Morgan fingerprint density at radius 2 is 2.00 bits per heavy atom. The van der Waals surface area contributed by atoms with Crippen LogP contribution in [0, 0.1) is 0 Å². The highest BCUT2D eigenvalue weighted by molar-refractivity contribution is 6.35. The third-order valence-corrected chi connectivity index (χ3v) is 4.83. The number of ether oxygens (including phenoxy) is 1. The minimum atomic E-state index is -0.578. The minimum absolute atomic E-state index is 0.155. The Balaban J connectivity index is 1.79. The summed E-state index contributed by atoms with van der Waals surface area (Å²) in [6.07, 6.45) is 1.10. The highest BCUT2D eigenvalue weighted by atomic mass is 35.5. The van der Waals surface area contributed by atoms with Crippen molar-refractivity contribution in [1.82, 2.24) is 14.5 Å². The lowest BCUT2D eigenvalue weighted by atomic mass is 10.2. The molecule has 0 aliphatic carbocycles. The van der Waals surface area contributed by atoms with Crippen molar-refractivity contribution in [3.05, 3.63) is 46.0 Å². The van der Waals surface area contributed by atoms with Crippen LogP contribution in [-0.2, 0) is 17.8 Å². The molecule has 1 unspecified atom stereocenters. The van der Waals surface area contributed by atoms with E-state index in [1.807, 2.05) is 27.7 Å². The van der Waals surface area contributed by atoms with Gasteiger partial charge in [-0.05, 0) is 45.9 Å². The summed E-state index contributed by atoms with van der Waals surface area (Å²) >= 11 is 12.1. The fraction of sp³-hybridized carbons (Fsp3) is 0.421. The van der Waals surface area contributed by atoms with Crippen LogP contribution >= 0.6 is 23.2 Å². The average molecular weight is 425 g/mol. The molecule has 9 heteroatoms. The summed E-state index contributed by atoms with van der Waals surface area (Å²) in [5, 5.41) is 3.62. The highest BCUT2D eigenvalue weighted by Gasteiger charge is 2.33. The second-order valence-electron chi connectivity index (χ2n) is 7.71. The maximum atomic E-state index is 12.7. The van der Waals surface area contributed by atoms with Crippen LogP contribution in [0.3, 0.4) is 0 Å². The number of benzene rings is 1. The lowest BCUT2D eigenvalue weighted by Gasteiger charge is -2.35. The molecule has 1 aliphatic rings. The zero-order valence-corrected chi connectivity index (χ0v) is 17.6. The van der Waals surface area contributed by atoms with Crippen molar-refractivity contribution in [2.24, 2.45) is 0 Å². The predicted molar refractivity (Wildman–Crippen MR) is 108 cm³/mol. The van der Waals surface area contributed by atoms with Gasteiger partial charge in [0.2, 0.25) is 0 Å². The molecule has 0 saturated heterocycles. The summed E-state index contributed by atoms with van der Waals surface area (Å²) in [5.41, 5.74) is 0.237. The summed E-state index contributed by atoms with van der Waals surface area (Å²) in [6.45, 7) is 8.07. The van der Waals surface area contributed by atoms with Crippen molar-refractivity contribution >= 4 is 40.9 Å². The number of nitrogens with one attached hydrogen (secondary N) is 1. The first-order chi connectivity index (χ1) is 13.0. The molecule has 0 radical (unpaired) electrons. The van der Waals surface area contributed by atoms with E-state index in [-0.39, 0.29) is 18.5 Å². The van der Waals surface area contributed by atoms with Crippen molar-refractivity contribution in [2.45, 2.75) is 52.4 Å². The number of halogens is 2. The van der Waals surface area contributed by atoms with Gasteiger partial charge in [-0.15, -0.1) is 0 Å². The number of carbonyl (C=O) groups excluding carboxylic acids is 2. The van der Waals surface area contributed by atoms with E-state index >= 15 is 0 Å². The van der Waals surface area contributed by atoms with Gasteiger partial charge < -0.3 is 14.6 Å². The molecule has 28 heavy (non-hydrogen) atoms. The Labute approximate surface area is 173 Å². The van der Waals surface area contributed by atoms with Gasteiger partial charge in [-0.3, -0.25) is 9.69 Å². The van der Waals surface area contributed by atoms with Crippen LogP contribution in [0.5, 0.6) is 0 Å². The van der Waals surface area contributed by atoms with E-state index in [0.717, 1.165) is 0 Å². The molecule has 0 bridgehead atoms. The minimum Gasteiger partial charge on any atom is -0.444 e. The molecule has 1 atom stereocenters. The van der Waals surface area contributed by atoms with E-state index < -0.39 is 11.7 Å². The highest BCUT2D eigenvalue weighted by Crippen LogP contribution is 2.27. The molecule has 7 nitrogen and oxygen atoms in total. The summed E-state index contributed by atoms with van der Waals surface area (Å²) < 4.78 is 7.27. The SMILES string of the molecule is CC1Cn2c(C(=O)Nc3cc(Cl)ccc3Cl)cnc2CN1C(=O)OC(C)(C)C. The van der Waals surface area contributed by atoms with Gasteiger partial charge in [0.15, 0.2) is 0 Å². The zero-order valence-electron chi connectivity index (χ0n) is 16.1. The van der Waals surface area contributed by atoms with Gasteiger partial charge in [0.25, 0.3) is 5.91 Å². The molecule has 3 rings (SSSR count). The number of aromatic nitrogens is 2. The summed E-state index contributed by atoms with van der Waals surface area (Å²) in [7, 11) is 0. The number of carbonyl (C=O) groups is 2. The van der Waals surface area contributed by atoms with Gasteiger partial charge in [0.1, 0.15) is 17.1 Å². The van der Waals surface area contributed by atoms with E-state index in [0.29, 0.717) is 33.8 Å². The van der Waals surface area contributed by atoms with Crippen LogP contribution < -0.4 is 5.32 Å². The number of anilines is 1. The fourth-order valence-corrected chi connectivity index (χ4v) is 3.28. The number of rotatable bonds is 2. The normalized spacial score (nSPS) is 16.5. The molecule has 0 fully saturated rings. The van der Waals surface area contributed by atoms with Crippen LogP contribution in [0.4, 0.5) is 10.5 Å². The number of nitrogens with zero attached hydrogens (tertiary/aromatic N) is 3. The molecule has 0 spiro atoms. The molecule has 1 aromatic heterocycles. The largest absolute Gasteiger partial charge is 0.444 e. The lowest BCUT2D eigenvalue weighted by molar-refractivity contribution is 0.00926. The van der Waals surface area contributed by atoms with Gasteiger partial charge in [-0.1, -0.05) is 23.2 Å². The standard InChI is InChI=1S/C19H22Cl2N4O3/c1-11-9-25-15(17(26)23-14-7-12(20)5-6-13(14)21)8-22-16(25)10-24(11)18(27)28-19(2,3)4/h5-8,11H,9-10H2,1-4H3,(H,23,26). The maximum Gasteiger partial charge on any atom is 0.411 e. The van der Waals surface area contributed by atoms with E-state index in [1.54, 1.807) is 27.7 Å². The number of hydrogen-bond donors (Lipinski definition) is 1. The molecular weight excluding hydrogens is 403 g/mol. The Morgan fingerprint density at radius 3 is 2.68 bits per heavy atom. The van der Waals surface area contributed by atoms with E-state index in [1.165, 1.54) is 6.20 Å². The molecule has 1 aliphatic heterocycles. The van der Waals surface area contributed by atoms with Gasteiger partial charge in [0, 0.05) is 11.6 Å². The predicted octanol–water partition coefficient (Wildman–Crippen LogP) is 4.58. The number of hydrogen-bond acceptors (Lipinski definition) is 4. The maximum absolute atomic E-state index is 12.7. The van der Waals surface area contributed by atoms with Gasteiger partial charge in [-0.2, -0.15) is 0 Å². The van der Waals surface area contributed by atoms with Crippen LogP contribution in [0.15, 0.2) is 24.4 Å². The number of fused-ring (bicyclic) bond motifs is 1. The van der Waals surface area contributed by atoms with E-state index in [4.69, 9.17) is 27.9 Å². The third kappa shape index (κ3) is 4.42. The summed E-state index contributed by atoms with van der Waals surface area (Å²) in [5.74, 6) is 0.270. The van der Waals surface area contributed by atoms with Crippen molar-refractivity contribution in [2.75, 3.05) is 5.32 Å². The van der Waals surface area contributed by atoms with Crippen molar-refractivity contribution in [3.8, 4) is 0 Å². The molecule has 150 valence electrons. The van der Waals surface area contributed by atoms with Crippen molar-refractivity contribution in [1.29, 1.82) is 0 Å². The Morgan fingerprint density at radius 1 is 1.29 bits per heavy atom. The molecule has 0 saturated carbocycles.